The average Bonchev–Trinajstić information content (AvgIpc) is 2.60. The minimum Gasteiger partial charge on any atom is -0.351 e. The number of hydrogen-bond acceptors (Lipinski definition) is 2. The lowest BCUT2D eigenvalue weighted by atomic mass is 10.1. The molecule has 2 rings (SSSR count). The Hall–Kier alpha value is -2.47. The van der Waals surface area contributed by atoms with Gasteiger partial charge in [0, 0.05) is 31.1 Å². The van der Waals surface area contributed by atoms with Crippen LogP contribution in [0.5, 0.6) is 0 Å². The van der Waals surface area contributed by atoms with E-state index < -0.39 is 17.5 Å². The number of nitrogens with zero attached hydrogens (tertiary/aromatic N) is 1. The van der Waals surface area contributed by atoms with E-state index in [9.17, 15) is 18.4 Å². The number of hydrogen-bond donors (Lipinski definition) is 1. The highest BCUT2D eigenvalue weighted by Gasteiger charge is 2.18. The Labute approximate surface area is 155 Å². The summed E-state index contributed by atoms with van der Waals surface area (Å²) in [5, 5.41) is 3.08. The number of carbonyl (C=O) groups is 2. The molecule has 138 valence electrons. The lowest BCUT2D eigenvalue weighted by Crippen LogP contribution is -2.33. The third kappa shape index (κ3) is 5.02. The maximum absolute atomic E-state index is 13.6. The zero-order valence-corrected chi connectivity index (χ0v) is 15.2. The standard InChI is InChI=1S/C19H19ClF2N2O2/c1-12(13-3-5-14(20)6-4-13)24(2)18(25)9-10-23-19(26)16-8-7-15(21)11-17(16)22/h3-8,11-12H,9-10H2,1-2H3,(H,23,26). The SMILES string of the molecule is CC(c1ccc(Cl)cc1)N(C)C(=O)CCNC(=O)c1ccc(F)cc1F. The van der Waals surface area contributed by atoms with E-state index in [1.165, 1.54) is 0 Å². The number of halogens is 3. The summed E-state index contributed by atoms with van der Waals surface area (Å²) in [6, 6.07) is 9.74. The molecule has 0 fully saturated rings. The van der Waals surface area contributed by atoms with Gasteiger partial charge in [-0.05, 0) is 36.8 Å². The first-order chi connectivity index (χ1) is 12.3. The Balaban J connectivity index is 1.87. The zero-order valence-electron chi connectivity index (χ0n) is 14.4. The minimum absolute atomic E-state index is 0.0478. The molecule has 7 heteroatoms. The molecule has 1 N–H and O–H groups in total. The summed E-state index contributed by atoms with van der Waals surface area (Å²) in [7, 11) is 1.67. The van der Waals surface area contributed by atoms with Crippen molar-refractivity contribution in [1.82, 2.24) is 10.2 Å². The van der Waals surface area contributed by atoms with Gasteiger partial charge in [-0.2, -0.15) is 0 Å². The number of rotatable bonds is 6. The first kappa shape index (κ1) is 19.8. The van der Waals surface area contributed by atoms with Gasteiger partial charge in [0.2, 0.25) is 5.91 Å². The second-order valence-corrected chi connectivity index (χ2v) is 6.30. The molecule has 2 aromatic rings. The molecule has 0 aliphatic carbocycles. The first-order valence-corrected chi connectivity index (χ1v) is 8.41. The molecule has 0 aromatic heterocycles. The molecule has 2 aromatic carbocycles. The number of amides is 2. The van der Waals surface area contributed by atoms with Crippen LogP contribution in [0.3, 0.4) is 0 Å². The molecule has 0 heterocycles. The van der Waals surface area contributed by atoms with Crippen molar-refractivity contribution in [1.29, 1.82) is 0 Å². The lowest BCUT2D eigenvalue weighted by molar-refractivity contribution is -0.131. The average molecular weight is 381 g/mol. The van der Waals surface area contributed by atoms with Crippen molar-refractivity contribution in [3.05, 3.63) is 70.2 Å². The predicted octanol–water partition coefficient (Wildman–Crippen LogP) is 3.96. The van der Waals surface area contributed by atoms with Gasteiger partial charge in [-0.3, -0.25) is 9.59 Å². The smallest absolute Gasteiger partial charge is 0.254 e. The maximum atomic E-state index is 13.6. The Morgan fingerprint density at radius 2 is 1.81 bits per heavy atom. The molecule has 4 nitrogen and oxygen atoms in total. The summed E-state index contributed by atoms with van der Waals surface area (Å²) in [6.45, 7) is 1.93. The fraction of sp³-hybridized carbons (Fsp3) is 0.263. The minimum atomic E-state index is -0.942. The van der Waals surface area contributed by atoms with Crippen molar-refractivity contribution < 1.29 is 18.4 Å². The van der Waals surface area contributed by atoms with E-state index in [4.69, 9.17) is 11.6 Å². The normalized spacial score (nSPS) is 11.7. The van der Waals surface area contributed by atoms with E-state index in [2.05, 4.69) is 5.32 Å². The highest BCUT2D eigenvalue weighted by molar-refractivity contribution is 6.30. The Morgan fingerprint density at radius 3 is 2.42 bits per heavy atom. The summed E-state index contributed by atoms with van der Waals surface area (Å²) in [4.78, 5) is 25.7. The molecular weight excluding hydrogens is 362 g/mol. The molecule has 0 saturated heterocycles. The van der Waals surface area contributed by atoms with Gasteiger partial charge in [-0.1, -0.05) is 23.7 Å². The van der Waals surface area contributed by atoms with Crippen LogP contribution in [0.2, 0.25) is 5.02 Å². The molecule has 0 aliphatic heterocycles. The number of nitrogens with one attached hydrogen (secondary N) is 1. The maximum Gasteiger partial charge on any atom is 0.254 e. The van der Waals surface area contributed by atoms with Crippen molar-refractivity contribution in [3.63, 3.8) is 0 Å². The molecule has 1 unspecified atom stereocenters. The molecule has 26 heavy (non-hydrogen) atoms. The highest BCUT2D eigenvalue weighted by Crippen LogP contribution is 2.21. The van der Waals surface area contributed by atoms with Crippen LogP contribution in [0.15, 0.2) is 42.5 Å². The summed E-state index contributed by atoms with van der Waals surface area (Å²) in [6.07, 6.45) is 0.0585. The summed E-state index contributed by atoms with van der Waals surface area (Å²) in [5.41, 5.74) is 0.671. The van der Waals surface area contributed by atoms with E-state index in [0.29, 0.717) is 11.1 Å². The summed E-state index contributed by atoms with van der Waals surface area (Å²) in [5.74, 6) is -2.56. The van der Waals surface area contributed by atoms with Gasteiger partial charge in [0.25, 0.3) is 5.91 Å². The van der Waals surface area contributed by atoms with Gasteiger partial charge in [-0.25, -0.2) is 8.78 Å². The topological polar surface area (TPSA) is 49.4 Å². The highest BCUT2D eigenvalue weighted by atomic mass is 35.5. The van der Waals surface area contributed by atoms with E-state index >= 15 is 0 Å². The van der Waals surface area contributed by atoms with Crippen LogP contribution in [-0.2, 0) is 4.79 Å². The van der Waals surface area contributed by atoms with E-state index in [0.717, 1.165) is 17.7 Å². The quantitative estimate of drug-likeness (QED) is 0.824. The molecule has 2 amide bonds. The van der Waals surface area contributed by atoms with E-state index in [-0.39, 0.29) is 30.5 Å². The molecule has 0 bridgehead atoms. The monoisotopic (exact) mass is 380 g/mol. The fourth-order valence-electron chi connectivity index (χ4n) is 2.41. The van der Waals surface area contributed by atoms with Gasteiger partial charge in [0.05, 0.1) is 11.6 Å². The van der Waals surface area contributed by atoms with Crippen LogP contribution in [0.1, 0.15) is 35.3 Å². The number of carbonyl (C=O) groups excluding carboxylic acids is 2. The largest absolute Gasteiger partial charge is 0.351 e. The zero-order chi connectivity index (χ0) is 19.3. The molecular formula is C19H19ClF2N2O2. The number of benzene rings is 2. The van der Waals surface area contributed by atoms with Crippen molar-refractivity contribution in [3.8, 4) is 0 Å². The van der Waals surface area contributed by atoms with Gasteiger partial charge in [0.1, 0.15) is 11.6 Å². The van der Waals surface area contributed by atoms with E-state index in [1.807, 2.05) is 19.1 Å². The van der Waals surface area contributed by atoms with Crippen molar-refractivity contribution in [2.75, 3.05) is 13.6 Å². The molecule has 1 atom stereocenters. The van der Waals surface area contributed by atoms with Crippen molar-refractivity contribution in [2.45, 2.75) is 19.4 Å². The molecule has 0 radical (unpaired) electrons. The fourth-order valence-corrected chi connectivity index (χ4v) is 2.54. The van der Waals surface area contributed by atoms with Crippen LogP contribution in [0.25, 0.3) is 0 Å². The van der Waals surface area contributed by atoms with E-state index in [1.54, 1.807) is 24.1 Å². The first-order valence-electron chi connectivity index (χ1n) is 8.04. The molecule has 0 spiro atoms. The summed E-state index contributed by atoms with van der Waals surface area (Å²) >= 11 is 5.86. The van der Waals surface area contributed by atoms with Crippen LogP contribution in [-0.4, -0.2) is 30.3 Å². The van der Waals surface area contributed by atoms with Crippen LogP contribution >= 0.6 is 11.6 Å². The third-order valence-electron chi connectivity index (χ3n) is 4.13. The molecule has 0 aliphatic rings. The lowest BCUT2D eigenvalue weighted by Gasteiger charge is -2.25. The second kappa shape index (κ2) is 8.76. The van der Waals surface area contributed by atoms with Gasteiger partial charge < -0.3 is 10.2 Å². The van der Waals surface area contributed by atoms with Crippen molar-refractivity contribution >= 4 is 23.4 Å². The van der Waals surface area contributed by atoms with Crippen LogP contribution < -0.4 is 5.32 Å². The van der Waals surface area contributed by atoms with Crippen molar-refractivity contribution in [2.24, 2.45) is 0 Å². The Bertz CT molecular complexity index is 797. The Kier molecular flexibility index (Phi) is 6.69. The predicted molar refractivity (Wildman–Crippen MR) is 95.9 cm³/mol. The Morgan fingerprint density at radius 1 is 1.15 bits per heavy atom. The summed E-state index contributed by atoms with van der Waals surface area (Å²) < 4.78 is 26.4. The van der Waals surface area contributed by atoms with Gasteiger partial charge in [0.15, 0.2) is 0 Å². The van der Waals surface area contributed by atoms with Gasteiger partial charge >= 0.3 is 0 Å². The van der Waals surface area contributed by atoms with Crippen LogP contribution in [0.4, 0.5) is 8.78 Å². The van der Waals surface area contributed by atoms with Gasteiger partial charge in [-0.15, -0.1) is 0 Å². The third-order valence-corrected chi connectivity index (χ3v) is 4.38. The molecule has 0 saturated carbocycles. The van der Waals surface area contributed by atoms with Crippen LogP contribution in [0, 0.1) is 11.6 Å². The second-order valence-electron chi connectivity index (χ2n) is 5.86.